The Morgan fingerprint density at radius 2 is 1.55 bits per heavy atom. The fraction of sp³-hybridized carbons (Fsp3) is 0.261. The van der Waals surface area contributed by atoms with Crippen molar-refractivity contribution in [2.24, 2.45) is 0 Å². The van der Waals surface area contributed by atoms with Crippen molar-refractivity contribution in [2.45, 2.75) is 6.92 Å². The van der Waals surface area contributed by atoms with Gasteiger partial charge in [-0.15, -0.1) is 0 Å². The summed E-state index contributed by atoms with van der Waals surface area (Å²) >= 11 is 0. The van der Waals surface area contributed by atoms with Gasteiger partial charge in [0.1, 0.15) is 11.6 Å². The number of carbonyl (C=O) groups excluding carboxylic acids is 3. The molecule has 0 bridgehead atoms. The van der Waals surface area contributed by atoms with Gasteiger partial charge in [0.2, 0.25) is 5.91 Å². The van der Waals surface area contributed by atoms with Crippen molar-refractivity contribution in [3.63, 3.8) is 0 Å². The highest BCUT2D eigenvalue weighted by molar-refractivity contribution is 5.95. The number of ether oxygens (including phenoxy) is 2. The van der Waals surface area contributed by atoms with Gasteiger partial charge in [-0.2, -0.15) is 0 Å². The topological polar surface area (TPSA) is 76.2 Å². The van der Waals surface area contributed by atoms with Crippen molar-refractivity contribution in [3.8, 4) is 5.75 Å². The summed E-state index contributed by atoms with van der Waals surface area (Å²) in [6.45, 7) is 3.56. The molecule has 0 unspecified atom stereocenters. The van der Waals surface area contributed by atoms with Crippen molar-refractivity contribution in [1.29, 1.82) is 0 Å². The number of piperazine rings is 1. The molecule has 1 aliphatic rings. The Balaban J connectivity index is 1.50. The summed E-state index contributed by atoms with van der Waals surface area (Å²) in [6, 6.07) is 12.1. The van der Waals surface area contributed by atoms with Crippen LogP contribution in [0.4, 0.5) is 9.18 Å². The first-order chi connectivity index (χ1) is 15.0. The lowest BCUT2D eigenvalue weighted by Crippen LogP contribution is -2.50. The Labute approximate surface area is 179 Å². The molecule has 2 amide bonds. The monoisotopic (exact) mass is 426 g/mol. The van der Waals surface area contributed by atoms with E-state index in [0.717, 1.165) is 5.56 Å². The summed E-state index contributed by atoms with van der Waals surface area (Å²) in [5.41, 5.74) is 1.20. The van der Waals surface area contributed by atoms with Gasteiger partial charge < -0.3 is 19.3 Å². The van der Waals surface area contributed by atoms with Crippen LogP contribution >= 0.6 is 0 Å². The van der Waals surface area contributed by atoms with Crippen LogP contribution < -0.4 is 4.74 Å². The van der Waals surface area contributed by atoms with Crippen LogP contribution in [0.5, 0.6) is 5.75 Å². The van der Waals surface area contributed by atoms with E-state index in [1.807, 2.05) is 0 Å². The lowest BCUT2D eigenvalue weighted by Gasteiger charge is -2.34. The third-order valence-corrected chi connectivity index (χ3v) is 4.73. The Morgan fingerprint density at radius 3 is 2.16 bits per heavy atom. The maximum Gasteiger partial charge on any atom is 0.513 e. The van der Waals surface area contributed by atoms with Gasteiger partial charge >= 0.3 is 6.16 Å². The average Bonchev–Trinajstić information content (AvgIpc) is 2.79. The average molecular weight is 426 g/mol. The van der Waals surface area contributed by atoms with Gasteiger partial charge in [0.15, 0.2) is 0 Å². The normalized spacial score (nSPS) is 13.9. The van der Waals surface area contributed by atoms with E-state index >= 15 is 0 Å². The molecule has 0 radical (unpaired) electrons. The first-order valence-corrected chi connectivity index (χ1v) is 9.93. The smallest absolute Gasteiger partial charge is 0.434 e. The minimum absolute atomic E-state index is 0.156. The minimum Gasteiger partial charge on any atom is -0.434 e. The molecule has 3 rings (SSSR count). The van der Waals surface area contributed by atoms with Gasteiger partial charge in [-0.05, 0) is 55.0 Å². The molecule has 0 N–H and O–H groups in total. The van der Waals surface area contributed by atoms with E-state index in [4.69, 9.17) is 9.47 Å². The lowest BCUT2D eigenvalue weighted by atomic mass is 10.1. The zero-order valence-electron chi connectivity index (χ0n) is 17.1. The van der Waals surface area contributed by atoms with Gasteiger partial charge in [0, 0.05) is 37.8 Å². The molecule has 0 aliphatic carbocycles. The predicted octanol–water partition coefficient (Wildman–Crippen LogP) is 3.36. The Kier molecular flexibility index (Phi) is 7.37. The zero-order valence-corrected chi connectivity index (χ0v) is 17.1. The summed E-state index contributed by atoms with van der Waals surface area (Å²) in [4.78, 5) is 39.7. The number of benzene rings is 2. The maximum absolute atomic E-state index is 12.9. The van der Waals surface area contributed by atoms with Crippen molar-refractivity contribution >= 4 is 24.0 Å². The third-order valence-electron chi connectivity index (χ3n) is 4.73. The van der Waals surface area contributed by atoms with Gasteiger partial charge in [0.05, 0.1) is 6.61 Å². The number of nitrogens with zero attached hydrogens (tertiary/aromatic N) is 2. The van der Waals surface area contributed by atoms with Crippen molar-refractivity contribution in [1.82, 2.24) is 9.80 Å². The number of hydrogen-bond donors (Lipinski definition) is 0. The van der Waals surface area contributed by atoms with E-state index in [1.165, 1.54) is 30.3 Å². The Morgan fingerprint density at radius 1 is 0.935 bits per heavy atom. The number of rotatable bonds is 5. The highest BCUT2D eigenvalue weighted by Gasteiger charge is 2.24. The van der Waals surface area contributed by atoms with Crippen LogP contribution in [0, 0.1) is 5.82 Å². The van der Waals surface area contributed by atoms with Crippen LogP contribution in [0.15, 0.2) is 54.6 Å². The van der Waals surface area contributed by atoms with Gasteiger partial charge in [-0.25, -0.2) is 9.18 Å². The first kappa shape index (κ1) is 22.0. The fourth-order valence-corrected chi connectivity index (χ4v) is 3.07. The van der Waals surface area contributed by atoms with E-state index < -0.39 is 6.16 Å². The molecule has 2 aromatic rings. The molecule has 7 nitrogen and oxygen atoms in total. The molecule has 1 heterocycles. The summed E-state index contributed by atoms with van der Waals surface area (Å²) < 4.78 is 22.6. The maximum atomic E-state index is 12.9. The SMILES string of the molecule is CCOC(=O)Oc1ccc(C(=O)N2CCN(C(=O)/C=C/c3ccc(F)cc3)CC2)cc1. The zero-order chi connectivity index (χ0) is 22.2. The molecule has 0 atom stereocenters. The summed E-state index contributed by atoms with van der Waals surface area (Å²) in [5, 5.41) is 0. The summed E-state index contributed by atoms with van der Waals surface area (Å²) in [5.74, 6) is -0.350. The number of carbonyl (C=O) groups is 3. The molecule has 0 aromatic heterocycles. The highest BCUT2D eigenvalue weighted by Crippen LogP contribution is 2.16. The number of hydrogen-bond acceptors (Lipinski definition) is 5. The Bertz CT molecular complexity index is 949. The molecule has 0 saturated carbocycles. The predicted molar refractivity (Wildman–Crippen MR) is 112 cm³/mol. The second-order valence-corrected chi connectivity index (χ2v) is 6.81. The molecule has 0 spiro atoms. The fourth-order valence-electron chi connectivity index (χ4n) is 3.07. The van der Waals surface area contributed by atoms with Crippen LogP contribution in [-0.2, 0) is 9.53 Å². The first-order valence-electron chi connectivity index (χ1n) is 9.93. The number of amides is 2. The molecular weight excluding hydrogens is 403 g/mol. The Hall–Kier alpha value is -3.68. The van der Waals surface area contributed by atoms with Crippen molar-refractivity contribution < 1.29 is 28.2 Å². The highest BCUT2D eigenvalue weighted by atomic mass is 19.1. The quantitative estimate of drug-likeness (QED) is 0.416. The van der Waals surface area contributed by atoms with Crippen LogP contribution in [-0.4, -0.2) is 60.6 Å². The molecule has 1 fully saturated rings. The summed E-state index contributed by atoms with van der Waals surface area (Å²) in [6.07, 6.45) is 2.29. The van der Waals surface area contributed by atoms with Crippen LogP contribution in [0.3, 0.4) is 0 Å². The van der Waals surface area contributed by atoms with E-state index in [-0.39, 0.29) is 24.2 Å². The van der Waals surface area contributed by atoms with Gasteiger partial charge in [-0.1, -0.05) is 12.1 Å². The number of halogens is 1. The molecule has 8 heteroatoms. The van der Waals surface area contributed by atoms with E-state index in [1.54, 1.807) is 47.1 Å². The van der Waals surface area contributed by atoms with E-state index in [0.29, 0.717) is 37.5 Å². The summed E-state index contributed by atoms with van der Waals surface area (Å²) in [7, 11) is 0. The molecule has 31 heavy (non-hydrogen) atoms. The molecule has 162 valence electrons. The van der Waals surface area contributed by atoms with Gasteiger partial charge in [0.25, 0.3) is 5.91 Å². The standard InChI is InChI=1S/C23H23FN2O5/c1-2-30-23(29)31-20-10-6-18(7-11-20)22(28)26-15-13-25(14-16-26)21(27)12-5-17-3-8-19(24)9-4-17/h3-12H,2,13-16H2,1H3/b12-5+. The van der Waals surface area contributed by atoms with E-state index in [2.05, 4.69) is 0 Å². The van der Waals surface area contributed by atoms with Gasteiger partial charge in [-0.3, -0.25) is 9.59 Å². The minimum atomic E-state index is -0.796. The second kappa shape index (κ2) is 10.4. The molecule has 2 aromatic carbocycles. The lowest BCUT2D eigenvalue weighted by molar-refractivity contribution is -0.127. The second-order valence-electron chi connectivity index (χ2n) is 6.81. The third kappa shape index (κ3) is 6.15. The molecule has 1 aliphatic heterocycles. The van der Waals surface area contributed by atoms with Crippen molar-refractivity contribution in [2.75, 3.05) is 32.8 Å². The van der Waals surface area contributed by atoms with Crippen molar-refractivity contribution in [3.05, 3.63) is 71.6 Å². The van der Waals surface area contributed by atoms with Crippen LogP contribution in [0.2, 0.25) is 0 Å². The largest absolute Gasteiger partial charge is 0.513 e. The molecular formula is C23H23FN2O5. The van der Waals surface area contributed by atoms with Crippen LogP contribution in [0.1, 0.15) is 22.8 Å². The molecule has 1 saturated heterocycles. The van der Waals surface area contributed by atoms with E-state index in [9.17, 15) is 18.8 Å². The van der Waals surface area contributed by atoms with Crippen LogP contribution in [0.25, 0.3) is 6.08 Å².